The second-order valence-corrected chi connectivity index (χ2v) is 6.51. The van der Waals surface area contributed by atoms with E-state index in [4.69, 9.17) is 0 Å². The summed E-state index contributed by atoms with van der Waals surface area (Å²) in [5.74, 6) is -0.114. The quantitative estimate of drug-likeness (QED) is 0.942. The lowest BCUT2D eigenvalue weighted by Gasteiger charge is -2.24. The summed E-state index contributed by atoms with van der Waals surface area (Å²) in [5.41, 5.74) is 3.20. The van der Waals surface area contributed by atoms with E-state index in [1.165, 1.54) is 0 Å². The number of aromatic nitrogens is 1. The molecule has 2 aromatic rings. The zero-order valence-corrected chi connectivity index (χ0v) is 13.5. The Morgan fingerprint density at radius 2 is 2.00 bits per heavy atom. The van der Waals surface area contributed by atoms with E-state index in [-0.39, 0.29) is 24.3 Å². The largest absolute Gasteiger partial charge is 0.353 e. The summed E-state index contributed by atoms with van der Waals surface area (Å²) in [6.07, 6.45) is 4.01. The SMILES string of the molecule is Cc1ccc(N2C(=O)c3cccnc3C2CC(=O)NC2CC2)cc1. The second kappa shape index (κ2) is 5.74. The van der Waals surface area contributed by atoms with Gasteiger partial charge in [0.1, 0.15) is 0 Å². The third-order valence-corrected chi connectivity index (χ3v) is 4.55. The number of nitrogens with zero attached hydrogens (tertiary/aromatic N) is 2. The molecular formula is C19H19N3O2. The number of anilines is 1. The molecule has 24 heavy (non-hydrogen) atoms. The standard InChI is InChI=1S/C19H19N3O2/c1-12-4-8-14(9-5-12)22-16(11-17(23)21-13-6-7-13)18-15(19(22)24)3-2-10-20-18/h2-5,8-10,13,16H,6-7,11H2,1H3,(H,21,23). The molecular weight excluding hydrogens is 302 g/mol. The number of hydrogen-bond donors (Lipinski definition) is 1. The van der Waals surface area contributed by atoms with E-state index in [2.05, 4.69) is 10.3 Å². The minimum atomic E-state index is -0.352. The minimum absolute atomic E-state index is 0.0223. The van der Waals surface area contributed by atoms with Gasteiger partial charge < -0.3 is 5.32 Å². The molecule has 0 spiro atoms. The number of pyridine rings is 1. The highest BCUT2D eigenvalue weighted by atomic mass is 16.2. The van der Waals surface area contributed by atoms with Crippen LogP contribution in [0.5, 0.6) is 0 Å². The summed E-state index contributed by atoms with van der Waals surface area (Å²) in [4.78, 5) is 31.3. The molecule has 122 valence electrons. The number of carbonyl (C=O) groups is 2. The van der Waals surface area contributed by atoms with Gasteiger partial charge in [0.15, 0.2) is 0 Å². The van der Waals surface area contributed by atoms with E-state index in [9.17, 15) is 9.59 Å². The lowest BCUT2D eigenvalue weighted by atomic mass is 10.1. The molecule has 1 aliphatic heterocycles. The van der Waals surface area contributed by atoms with Crippen LogP contribution in [0.3, 0.4) is 0 Å². The molecule has 4 rings (SSSR count). The summed E-state index contributed by atoms with van der Waals surface area (Å²) in [6, 6.07) is 11.3. The highest BCUT2D eigenvalue weighted by Crippen LogP contribution is 2.38. The Morgan fingerprint density at radius 1 is 1.25 bits per heavy atom. The van der Waals surface area contributed by atoms with Crippen LogP contribution >= 0.6 is 0 Å². The number of carbonyl (C=O) groups excluding carboxylic acids is 2. The van der Waals surface area contributed by atoms with Crippen LogP contribution in [-0.4, -0.2) is 22.8 Å². The Hall–Kier alpha value is -2.69. The highest BCUT2D eigenvalue weighted by molar-refractivity contribution is 6.11. The van der Waals surface area contributed by atoms with Gasteiger partial charge in [0, 0.05) is 17.9 Å². The second-order valence-electron chi connectivity index (χ2n) is 6.51. The van der Waals surface area contributed by atoms with Gasteiger partial charge in [0.05, 0.1) is 23.7 Å². The predicted molar refractivity (Wildman–Crippen MR) is 90.7 cm³/mol. The van der Waals surface area contributed by atoms with Crippen LogP contribution in [0, 0.1) is 6.92 Å². The van der Waals surface area contributed by atoms with Crippen molar-refractivity contribution in [3.63, 3.8) is 0 Å². The molecule has 1 aliphatic carbocycles. The molecule has 0 radical (unpaired) electrons. The van der Waals surface area contributed by atoms with Gasteiger partial charge in [-0.2, -0.15) is 0 Å². The van der Waals surface area contributed by atoms with Crippen molar-refractivity contribution in [2.45, 2.75) is 38.3 Å². The molecule has 1 unspecified atom stereocenters. The van der Waals surface area contributed by atoms with Crippen molar-refractivity contribution in [3.05, 3.63) is 59.4 Å². The van der Waals surface area contributed by atoms with Gasteiger partial charge >= 0.3 is 0 Å². The van der Waals surface area contributed by atoms with Gasteiger partial charge in [-0.3, -0.25) is 19.5 Å². The van der Waals surface area contributed by atoms with Crippen molar-refractivity contribution in [1.82, 2.24) is 10.3 Å². The van der Waals surface area contributed by atoms with Gasteiger partial charge in [0.2, 0.25) is 5.91 Å². The average Bonchev–Trinajstić information content (AvgIpc) is 3.35. The number of benzene rings is 1. The van der Waals surface area contributed by atoms with Gasteiger partial charge in [-0.15, -0.1) is 0 Å². The van der Waals surface area contributed by atoms with Crippen LogP contribution in [0.15, 0.2) is 42.6 Å². The Bertz CT molecular complexity index is 797. The monoisotopic (exact) mass is 321 g/mol. The summed E-state index contributed by atoms with van der Waals surface area (Å²) in [6.45, 7) is 2.01. The fourth-order valence-corrected chi connectivity index (χ4v) is 3.14. The topological polar surface area (TPSA) is 62.3 Å². The molecule has 2 aliphatic rings. The number of fused-ring (bicyclic) bond motifs is 1. The number of hydrogen-bond acceptors (Lipinski definition) is 3. The Labute approximate surface area is 140 Å². The molecule has 1 N–H and O–H groups in total. The average molecular weight is 321 g/mol. The van der Waals surface area contributed by atoms with Crippen LogP contribution in [0.4, 0.5) is 5.69 Å². The fourth-order valence-electron chi connectivity index (χ4n) is 3.14. The maximum absolute atomic E-state index is 12.9. The molecule has 1 aromatic heterocycles. The maximum atomic E-state index is 12.9. The zero-order valence-electron chi connectivity index (χ0n) is 13.5. The summed E-state index contributed by atoms with van der Waals surface area (Å²) < 4.78 is 0. The molecule has 1 atom stereocenters. The third-order valence-electron chi connectivity index (χ3n) is 4.55. The van der Waals surface area contributed by atoms with Crippen molar-refractivity contribution >= 4 is 17.5 Å². The van der Waals surface area contributed by atoms with E-state index in [0.29, 0.717) is 17.3 Å². The molecule has 1 aromatic carbocycles. The first-order chi connectivity index (χ1) is 11.6. The van der Waals surface area contributed by atoms with Crippen LogP contribution in [-0.2, 0) is 4.79 Å². The van der Waals surface area contributed by atoms with Crippen LogP contribution in [0.2, 0.25) is 0 Å². The molecule has 5 nitrogen and oxygen atoms in total. The first kappa shape index (κ1) is 14.9. The van der Waals surface area contributed by atoms with Crippen molar-refractivity contribution in [1.29, 1.82) is 0 Å². The number of aryl methyl sites for hydroxylation is 1. The summed E-state index contributed by atoms with van der Waals surface area (Å²) in [5, 5.41) is 3.00. The first-order valence-electron chi connectivity index (χ1n) is 8.28. The predicted octanol–water partition coefficient (Wildman–Crippen LogP) is 2.76. The van der Waals surface area contributed by atoms with E-state index in [0.717, 1.165) is 24.1 Å². The normalized spacial score (nSPS) is 19.3. The molecule has 0 saturated heterocycles. The van der Waals surface area contributed by atoms with Gasteiger partial charge in [0.25, 0.3) is 5.91 Å². The van der Waals surface area contributed by atoms with Crippen LogP contribution < -0.4 is 10.2 Å². The molecule has 2 heterocycles. The van der Waals surface area contributed by atoms with Crippen LogP contribution in [0.25, 0.3) is 0 Å². The van der Waals surface area contributed by atoms with Gasteiger partial charge in [-0.1, -0.05) is 17.7 Å². The number of nitrogens with one attached hydrogen (secondary N) is 1. The minimum Gasteiger partial charge on any atom is -0.353 e. The van der Waals surface area contributed by atoms with Crippen molar-refractivity contribution in [3.8, 4) is 0 Å². The fraction of sp³-hybridized carbons (Fsp3) is 0.316. The van der Waals surface area contributed by atoms with Crippen molar-refractivity contribution < 1.29 is 9.59 Å². The molecule has 1 fully saturated rings. The van der Waals surface area contributed by atoms with E-state index >= 15 is 0 Å². The molecule has 2 amide bonds. The number of rotatable bonds is 4. The van der Waals surface area contributed by atoms with Crippen LogP contribution in [0.1, 0.15) is 46.9 Å². The Balaban J connectivity index is 1.68. The molecule has 5 heteroatoms. The molecule has 0 bridgehead atoms. The first-order valence-corrected chi connectivity index (χ1v) is 8.28. The molecule has 1 saturated carbocycles. The van der Waals surface area contributed by atoms with E-state index in [1.54, 1.807) is 23.2 Å². The van der Waals surface area contributed by atoms with Gasteiger partial charge in [-0.05, 0) is 44.0 Å². The Morgan fingerprint density at radius 3 is 2.71 bits per heavy atom. The number of amides is 2. The zero-order chi connectivity index (χ0) is 16.7. The summed E-state index contributed by atoms with van der Waals surface area (Å²) in [7, 11) is 0. The smallest absolute Gasteiger partial charge is 0.260 e. The Kier molecular flexibility index (Phi) is 3.56. The highest BCUT2D eigenvalue weighted by Gasteiger charge is 2.40. The van der Waals surface area contributed by atoms with Crippen molar-refractivity contribution in [2.24, 2.45) is 0 Å². The maximum Gasteiger partial charge on any atom is 0.260 e. The van der Waals surface area contributed by atoms with Gasteiger partial charge in [-0.25, -0.2) is 0 Å². The van der Waals surface area contributed by atoms with Crippen molar-refractivity contribution in [2.75, 3.05) is 4.90 Å². The third kappa shape index (κ3) is 2.66. The lowest BCUT2D eigenvalue weighted by Crippen LogP contribution is -2.33. The van der Waals surface area contributed by atoms with E-state index < -0.39 is 0 Å². The van der Waals surface area contributed by atoms with E-state index in [1.807, 2.05) is 31.2 Å². The summed E-state index contributed by atoms with van der Waals surface area (Å²) >= 11 is 0. The lowest BCUT2D eigenvalue weighted by molar-refractivity contribution is -0.121.